The second-order valence-corrected chi connectivity index (χ2v) is 7.34. The Bertz CT molecular complexity index is 928. The summed E-state index contributed by atoms with van der Waals surface area (Å²) in [4.78, 5) is 24.4. The number of carbonyl (C=O) groups is 1. The molecule has 1 aliphatic rings. The summed E-state index contributed by atoms with van der Waals surface area (Å²) in [6.07, 6.45) is 0.571. The van der Waals surface area contributed by atoms with Crippen LogP contribution in [-0.2, 0) is 21.9 Å². The fraction of sp³-hybridized carbons (Fsp3) is 0.429. The van der Waals surface area contributed by atoms with E-state index in [1.807, 2.05) is 0 Å². The third-order valence-electron chi connectivity index (χ3n) is 4.03. The third kappa shape index (κ3) is 2.89. The molecule has 23 heavy (non-hydrogen) atoms. The van der Waals surface area contributed by atoms with E-state index in [0.717, 1.165) is 0 Å². The SMILES string of the molecule is CC(=O)N1CCC(NS(=O)(=O)c2ccc3c(c2)oc(=O)n3C)C1. The molecule has 1 amide bonds. The van der Waals surface area contributed by atoms with Gasteiger partial charge in [0.05, 0.1) is 10.4 Å². The van der Waals surface area contributed by atoms with Crippen LogP contribution in [0.2, 0.25) is 0 Å². The summed E-state index contributed by atoms with van der Waals surface area (Å²) < 4.78 is 33.8. The van der Waals surface area contributed by atoms with Crippen LogP contribution in [0, 0.1) is 0 Å². The number of fused-ring (bicyclic) bond motifs is 1. The van der Waals surface area contributed by atoms with Gasteiger partial charge in [-0.25, -0.2) is 17.9 Å². The van der Waals surface area contributed by atoms with Gasteiger partial charge in [0.2, 0.25) is 15.9 Å². The first-order chi connectivity index (χ1) is 10.8. The Balaban J connectivity index is 1.85. The van der Waals surface area contributed by atoms with Crippen LogP contribution in [-0.4, -0.2) is 42.9 Å². The number of hydrogen-bond acceptors (Lipinski definition) is 5. The maximum atomic E-state index is 12.5. The number of nitrogens with zero attached hydrogens (tertiary/aromatic N) is 2. The second-order valence-electron chi connectivity index (χ2n) is 5.63. The Morgan fingerprint density at radius 1 is 1.39 bits per heavy atom. The molecule has 1 N–H and O–H groups in total. The number of rotatable bonds is 3. The fourth-order valence-electron chi connectivity index (χ4n) is 2.71. The Kier molecular flexibility index (Phi) is 3.77. The minimum absolute atomic E-state index is 0.0284. The maximum absolute atomic E-state index is 12.5. The van der Waals surface area contributed by atoms with Gasteiger partial charge in [-0.05, 0) is 18.6 Å². The average Bonchev–Trinajstić information content (AvgIpc) is 3.04. The molecule has 2 aromatic rings. The number of carbonyl (C=O) groups excluding carboxylic acids is 1. The number of aromatic nitrogens is 1. The van der Waals surface area contributed by atoms with Crippen molar-refractivity contribution in [2.24, 2.45) is 7.05 Å². The van der Waals surface area contributed by atoms with Crippen molar-refractivity contribution in [1.82, 2.24) is 14.2 Å². The van der Waals surface area contributed by atoms with Crippen molar-refractivity contribution < 1.29 is 17.6 Å². The number of benzene rings is 1. The smallest absolute Gasteiger partial charge is 0.408 e. The molecule has 0 bridgehead atoms. The summed E-state index contributed by atoms with van der Waals surface area (Å²) in [5, 5.41) is 0. The van der Waals surface area contributed by atoms with Crippen LogP contribution in [0.3, 0.4) is 0 Å². The zero-order valence-corrected chi connectivity index (χ0v) is 13.6. The van der Waals surface area contributed by atoms with Crippen LogP contribution < -0.4 is 10.5 Å². The Morgan fingerprint density at radius 2 is 2.13 bits per heavy atom. The quantitative estimate of drug-likeness (QED) is 0.850. The van der Waals surface area contributed by atoms with E-state index in [1.54, 1.807) is 11.9 Å². The lowest BCUT2D eigenvalue weighted by Gasteiger charge is -2.15. The van der Waals surface area contributed by atoms with Gasteiger partial charge >= 0.3 is 5.76 Å². The van der Waals surface area contributed by atoms with E-state index in [0.29, 0.717) is 25.0 Å². The highest BCUT2D eigenvalue weighted by atomic mass is 32.2. The van der Waals surface area contributed by atoms with Crippen LogP contribution in [0.15, 0.2) is 32.3 Å². The Labute approximate surface area is 132 Å². The van der Waals surface area contributed by atoms with Gasteiger partial charge in [0.15, 0.2) is 5.58 Å². The number of likely N-dealkylation sites (tertiary alicyclic amines) is 1. The molecule has 1 aromatic heterocycles. The molecular weight excluding hydrogens is 322 g/mol. The lowest BCUT2D eigenvalue weighted by atomic mass is 10.3. The monoisotopic (exact) mass is 339 g/mol. The molecule has 1 atom stereocenters. The average molecular weight is 339 g/mol. The molecular formula is C14H17N3O5S. The number of oxazole rings is 1. The molecule has 1 saturated heterocycles. The molecule has 0 aliphatic carbocycles. The van der Waals surface area contributed by atoms with Crippen molar-refractivity contribution >= 4 is 27.0 Å². The van der Waals surface area contributed by atoms with Crippen LogP contribution in [0.4, 0.5) is 0 Å². The van der Waals surface area contributed by atoms with Gasteiger partial charge < -0.3 is 9.32 Å². The lowest BCUT2D eigenvalue weighted by molar-refractivity contribution is -0.127. The van der Waals surface area contributed by atoms with E-state index < -0.39 is 15.8 Å². The third-order valence-corrected chi connectivity index (χ3v) is 5.55. The molecule has 1 aromatic carbocycles. The van der Waals surface area contributed by atoms with Crippen molar-refractivity contribution in [3.8, 4) is 0 Å². The number of aryl methyl sites for hydroxylation is 1. The molecule has 8 nitrogen and oxygen atoms in total. The van der Waals surface area contributed by atoms with E-state index >= 15 is 0 Å². The topological polar surface area (TPSA) is 102 Å². The standard InChI is InChI=1S/C14H17N3O5S/c1-9(18)17-6-5-10(8-17)15-23(20,21)11-3-4-12-13(7-11)22-14(19)16(12)2/h3-4,7,10,15H,5-6,8H2,1-2H3. The van der Waals surface area contributed by atoms with Crippen molar-refractivity contribution in [2.75, 3.05) is 13.1 Å². The highest BCUT2D eigenvalue weighted by Gasteiger charge is 2.28. The summed E-state index contributed by atoms with van der Waals surface area (Å²) in [6.45, 7) is 2.36. The van der Waals surface area contributed by atoms with Crippen LogP contribution in [0.25, 0.3) is 11.1 Å². The largest absolute Gasteiger partial charge is 0.419 e. The summed E-state index contributed by atoms with van der Waals surface area (Å²) in [7, 11) is -2.20. The number of sulfonamides is 1. The molecule has 2 heterocycles. The molecule has 1 fully saturated rings. The minimum atomic E-state index is -3.75. The predicted octanol–water partition coefficient (Wildman–Crippen LogP) is 0.0306. The molecule has 0 saturated carbocycles. The zero-order valence-electron chi connectivity index (χ0n) is 12.8. The highest BCUT2D eigenvalue weighted by molar-refractivity contribution is 7.89. The van der Waals surface area contributed by atoms with E-state index in [4.69, 9.17) is 4.42 Å². The first kappa shape index (κ1) is 15.8. The summed E-state index contributed by atoms with van der Waals surface area (Å²) in [5.74, 6) is -0.616. The summed E-state index contributed by atoms with van der Waals surface area (Å²) >= 11 is 0. The van der Waals surface area contributed by atoms with E-state index in [2.05, 4.69) is 4.72 Å². The van der Waals surface area contributed by atoms with E-state index in [9.17, 15) is 18.0 Å². The molecule has 1 unspecified atom stereocenters. The normalized spacial score (nSPS) is 18.7. The second kappa shape index (κ2) is 5.50. The van der Waals surface area contributed by atoms with Crippen LogP contribution in [0.5, 0.6) is 0 Å². The number of hydrogen-bond donors (Lipinski definition) is 1. The van der Waals surface area contributed by atoms with Gasteiger partial charge in [-0.1, -0.05) is 0 Å². The Morgan fingerprint density at radius 3 is 2.78 bits per heavy atom. The van der Waals surface area contributed by atoms with Crippen LogP contribution in [0.1, 0.15) is 13.3 Å². The van der Waals surface area contributed by atoms with Crippen molar-refractivity contribution in [3.63, 3.8) is 0 Å². The van der Waals surface area contributed by atoms with Crippen molar-refractivity contribution in [3.05, 3.63) is 28.7 Å². The van der Waals surface area contributed by atoms with E-state index in [-0.39, 0.29) is 22.4 Å². The molecule has 124 valence electrons. The molecule has 0 spiro atoms. The van der Waals surface area contributed by atoms with Crippen LogP contribution >= 0.6 is 0 Å². The lowest BCUT2D eigenvalue weighted by Crippen LogP contribution is -2.37. The Hall–Kier alpha value is -2.13. The predicted molar refractivity (Wildman–Crippen MR) is 82.4 cm³/mol. The van der Waals surface area contributed by atoms with Crippen molar-refractivity contribution in [1.29, 1.82) is 0 Å². The minimum Gasteiger partial charge on any atom is -0.408 e. The summed E-state index contributed by atoms with van der Waals surface area (Å²) in [6, 6.07) is 3.97. The van der Waals surface area contributed by atoms with Gasteiger partial charge in [-0.3, -0.25) is 9.36 Å². The molecule has 1 aliphatic heterocycles. The fourth-order valence-corrected chi connectivity index (χ4v) is 3.99. The van der Waals surface area contributed by atoms with Gasteiger partial charge in [0.25, 0.3) is 0 Å². The number of nitrogens with one attached hydrogen (secondary N) is 1. The van der Waals surface area contributed by atoms with Crippen molar-refractivity contribution in [2.45, 2.75) is 24.3 Å². The zero-order chi connectivity index (χ0) is 16.8. The van der Waals surface area contributed by atoms with Gasteiger partial charge in [-0.2, -0.15) is 0 Å². The molecule has 3 rings (SSSR count). The molecule has 9 heteroatoms. The highest BCUT2D eigenvalue weighted by Crippen LogP contribution is 2.19. The first-order valence-electron chi connectivity index (χ1n) is 7.15. The molecule has 0 radical (unpaired) electrons. The van der Waals surface area contributed by atoms with Gasteiger partial charge in [0, 0.05) is 39.2 Å². The van der Waals surface area contributed by atoms with E-state index in [1.165, 1.54) is 29.7 Å². The van der Waals surface area contributed by atoms with Gasteiger partial charge in [0.1, 0.15) is 0 Å². The number of amides is 1. The summed E-state index contributed by atoms with van der Waals surface area (Å²) in [5.41, 5.74) is 0.745. The maximum Gasteiger partial charge on any atom is 0.419 e. The van der Waals surface area contributed by atoms with Gasteiger partial charge in [-0.15, -0.1) is 0 Å². The first-order valence-corrected chi connectivity index (χ1v) is 8.63.